The lowest BCUT2D eigenvalue weighted by Crippen LogP contribution is -2.25. The normalized spacial score (nSPS) is 10.6. The lowest BCUT2D eigenvalue weighted by atomic mass is 10.1. The van der Waals surface area contributed by atoms with Crippen molar-refractivity contribution >= 4 is 33.4 Å². The second-order valence-electron chi connectivity index (χ2n) is 5.95. The zero-order valence-corrected chi connectivity index (χ0v) is 16.9. The smallest absolute Gasteiger partial charge is 0.251 e. The van der Waals surface area contributed by atoms with Gasteiger partial charge in [0.15, 0.2) is 0 Å². The summed E-state index contributed by atoms with van der Waals surface area (Å²) in [7, 11) is 0. The molecule has 140 valence electrons. The van der Waals surface area contributed by atoms with E-state index in [9.17, 15) is 4.79 Å². The number of aryl methyl sites for hydroxylation is 1. The summed E-state index contributed by atoms with van der Waals surface area (Å²) in [6.45, 7) is 1.67. The number of nitrogens with one attached hydrogen (secondary N) is 1. The van der Waals surface area contributed by atoms with Crippen molar-refractivity contribution in [2.45, 2.75) is 19.6 Å². The van der Waals surface area contributed by atoms with Crippen LogP contribution in [0.2, 0.25) is 5.02 Å². The number of hydrogen-bond acceptors (Lipinski definition) is 3. The van der Waals surface area contributed by atoms with Crippen molar-refractivity contribution in [3.63, 3.8) is 0 Å². The molecule has 0 aliphatic rings. The molecule has 0 atom stereocenters. The molecule has 27 heavy (non-hydrogen) atoms. The molecule has 1 amide bonds. The summed E-state index contributed by atoms with van der Waals surface area (Å²) in [5.41, 5.74) is 1.51. The molecule has 0 saturated carbocycles. The van der Waals surface area contributed by atoms with Crippen molar-refractivity contribution in [2.24, 2.45) is 0 Å². The van der Waals surface area contributed by atoms with Gasteiger partial charge in [0.05, 0.1) is 15.7 Å². The van der Waals surface area contributed by atoms with E-state index in [1.54, 1.807) is 18.3 Å². The van der Waals surface area contributed by atoms with Crippen LogP contribution in [0.25, 0.3) is 0 Å². The average Bonchev–Trinajstić information content (AvgIpc) is 3.10. The first-order valence-electron chi connectivity index (χ1n) is 8.54. The van der Waals surface area contributed by atoms with Crippen molar-refractivity contribution in [1.82, 2.24) is 15.1 Å². The number of benzene rings is 2. The van der Waals surface area contributed by atoms with Crippen LogP contribution in [0.15, 0.2) is 65.4 Å². The van der Waals surface area contributed by atoms with Crippen LogP contribution in [0.5, 0.6) is 5.75 Å². The van der Waals surface area contributed by atoms with Gasteiger partial charge in [0.1, 0.15) is 12.4 Å². The summed E-state index contributed by atoms with van der Waals surface area (Å²) < 4.78 is 8.51. The van der Waals surface area contributed by atoms with Crippen molar-refractivity contribution < 1.29 is 9.53 Å². The Hall–Kier alpha value is -2.31. The first kappa shape index (κ1) is 19.5. The monoisotopic (exact) mass is 447 g/mol. The molecule has 0 fully saturated rings. The largest absolute Gasteiger partial charge is 0.487 e. The highest BCUT2D eigenvalue weighted by Crippen LogP contribution is 2.24. The Morgan fingerprint density at radius 1 is 1.22 bits per heavy atom. The second-order valence-corrected chi connectivity index (χ2v) is 7.27. The number of nitrogens with zero attached hydrogens (tertiary/aromatic N) is 2. The van der Waals surface area contributed by atoms with E-state index in [2.05, 4.69) is 26.3 Å². The molecule has 0 saturated heterocycles. The third-order valence-corrected chi connectivity index (χ3v) is 4.59. The molecule has 1 N–H and O–H groups in total. The predicted molar refractivity (Wildman–Crippen MR) is 109 cm³/mol. The van der Waals surface area contributed by atoms with Crippen LogP contribution in [0.3, 0.4) is 0 Å². The van der Waals surface area contributed by atoms with Crippen molar-refractivity contribution in [1.29, 1.82) is 0 Å². The number of amides is 1. The van der Waals surface area contributed by atoms with E-state index in [-0.39, 0.29) is 5.91 Å². The van der Waals surface area contributed by atoms with Gasteiger partial charge < -0.3 is 10.1 Å². The van der Waals surface area contributed by atoms with Crippen LogP contribution >= 0.6 is 27.5 Å². The maximum atomic E-state index is 12.3. The van der Waals surface area contributed by atoms with E-state index >= 15 is 0 Å². The van der Waals surface area contributed by atoms with Gasteiger partial charge in [-0.1, -0.05) is 35.9 Å². The van der Waals surface area contributed by atoms with E-state index < -0.39 is 0 Å². The molecule has 0 bridgehead atoms. The highest BCUT2D eigenvalue weighted by Gasteiger charge is 2.07. The van der Waals surface area contributed by atoms with E-state index in [1.165, 1.54) is 0 Å². The Balaban J connectivity index is 1.48. The Morgan fingerprint density at radius 2 is 2.07 bits per heavy atom. The number of hydrogen-bond donors (Lipinski definition) is 1. The molecular formula is C20H19BrClN3O2. The molecule has 2 aromatic carbocycles. The molecule has 0 spiro atoms. The van der Waals surface area contributed by atoms with Crippen LogP contribution in [-0.2, 0) is 13.2 Å². The van der Waals surface area contributed by atoms with Crippen LogP contribution in [-0.4, -0.2) is 22.2 Å². The van der Waals surface area contributed by atoms with Crippen LogP contribution < -0.4 is 10.1 Å². The SMILES string of the molecule is O=C(NCCCn1cc(Br)cn1)c1cccc(COc2ccccc2Cl)c1. The summed E-state index contributed by atoms with van der Waals surface area (Å²) in [5, 5.41) is 7.69. The summed E-state index contributed by atoms with van der Waals surface area (Å²) in [6.07, 6.45) is 4.45. The molecular weight excluding hydrogens is 430 g/mol. The van der Waals surface area contributed by atoms with Gasteiger partial charge in [-0.05, 0) is 52.2 Å². The number of carbonyl (C=O) groups is 1. The van der Waals surface area contributed by atoms with Crippen molar-refractivity contribution in [3.05, 3.63) is 81.5 Å². The number of rotatable bonds is 8. The number of ether oxygens (including phenoxy) is 1. The maximum absolute atomic E-state index is 12.3. The van der Waals surface area contributed by atoms with Crippen LogP contribution in [0.4, 0.5) is 0 Å². The molecule has 3 rings (SSSR count). The molecule has 5 nitrogen and oxygen atoms in total. The molecule has 3 aromatic rings. The van der Waals surface area contributed by atoms with Gasteiger partial charge in [-0.15, -0.1) is 0 Å². The fraction of sp³-hybridized carbons (Fsp3) is 0.200. The van der Waals surface area contributed by atoms with E-state index in [1.807, 2.05) is 47.3 Å². The minimum Gasteiger partial charge on any atom is -0.487 e. The number of aromatic nitrogens is 2. The average molecular weight is 449 g/mol. The Kier molecular flexibility index (Phi) is 6.90. The third-order valence-electron chi connectivity index (χ3n) is 3.87. The fourth-order valence-corrected chi connectivity index (χ4v) is 3.05. The molecule has 7 heteroatoms. The number of carbonyl (C=O) groups excluding carboxylic acids is 1. The van der Waals surface area contributed by atoms with Crippen molar-refractivity contribution in [3.8, 4) is 5.75 Å². The third kappa shape index (κ3) is 5.84. The Labute approximate surface area is 171 Å². The minimum atomic E-state index is -0.101. The summed E-state index contributed by atoms with van der Waals surface area (Å²) in [5.74, 6) is 0.524. The summed E-state index contributed by atoms with van der Waals surface area (Å²) in [4.78, 5) is 12.3. The number of para-hydroxylation sites is 1. The molecule has 0 radical (unpaired) electrons. The van der Waals surface area contributed by atoms with Gasteiger partial charge in [-0.2, -0.15) is 5.10 Å². The highest BCUT2D eigenvalue weighted by atomic mass is 79.9. The first-order chi connectivity index (χ1) is 13.1. The Bertz CT molecular complexity index is 914. The van der Waals surface area contributed by atoms with Gasteiger partial charge in [0, 0.05) is 24.8 Å². The van der Waals surface area contributed by atoms with Crippen LogP contribution in [0.1, 0.15) is 22.3 Å². The van der Waals surface area contributed by atoms with Gasteiger partial charge >= 0.3 is 0 Å². The molecule has 1 aromatic heterocycles. The van der Waals surface area contributed by atoms with Crippen molar-refractivity contribution in [2.75, 3.05) is 6.54 Å². The van der Waals surface area contributed by atoms with Gasteiger partial charge in [0.25, 0.3) is 5.91 Å². The maximum Gasteiger partial charge on any atom is 0.251 e. The predicted octanol–water partition coefficient (Wildman–Crippen LogP) is 4.70. The summed E-state index contributed by atoms with van der Waals surface area (Å²) >= 11 is 9.45. The van der Waals surface area contributed by atoms with Gasteiger partial charge in [0.2, 0.25) is 0 Å². The molecule has 0 aliphatic carbocycles. The molecule has 1 heterocycles. The lowest BCUT2D eigenvalue weighted by molar-refractivity contribution is 0.0952. The summed E-state index contributed by atoms with van der Waals surface area (Å²) in [6, 6.07) is 14.7. The standard InChI is InChI=1S/C20H19BrClN3O2/c21-17-12-24-25(13-17)10-4-9-23-20(26)16-6-3-5-15(11-16)14-27-19-8-2-1-7-18(19)22/h1-3,5-8,11-13H,4,9-10,14H2,(H,23,26). The van der Waals surface area contributed by atoms with E-state index in [0.717, 1.165) is 23.0 Å². The van der Waals surface area contributed by atoms with Crippen LogP contribution in [0, 0.1) is 0 Å². The molecule has 0 aliphatic heterocycles. The zero-order chi connectivity index (χ0) is 19.1. The zero-order valence-electron chi connectivity index (χ0n) is 14.6. The van der Waals surface area contributed by atoms with Gasteiger partial charge in [-0.25, -0.2) is 0 Å². The number of halogens is 2. The quantitative estimate of drug-likeness (QED) is 0.508. The fourth-order valence-electron chi connectivity index (χ4n) is 2.53. The van der Waals surface area contributed by atoms with Gasteiger partial charge in [-0.3, -0.25) is 9.48 Å². The highest BCUT2D eigenvalue weighted by molar-refractivity contribution is 9.10. The minimum absolute atomic E-state index is 0.101. The first-order valence-corrected chi connectivity index (χ1v) is 9.71. The molecule has 0 unspecified atom stereocenters. The lowest BCUT2D eigenvalue weighted by Gasteiger charge is -2.10. The van der Waals surface area contributed by atoms with E-state index in [0.29, 0.717) is 29.5 Å². The second kappa shape index (κ2) is 9.58. The Morgan fingerprint density at radius 3 is 2.85 bits per heavy atom. The van der Waals surface area contributed by atoms with E-state index in [4.69, 9.17) is 16.3 Å². The topological polar surface area (TPSA) is 56.2 Å².